The normalized spacial score (nSPS) is 10.6. The second-order valence-corrected chi connectivity index (χ2v) is 6.74. The number of nitrogens with zero attached hydrogens (tertiary/aromatic N) is 3. The maximum atomic E-state index is 12.6. The summed E-state index contributed by atoms with van der Waals surface area (Å²) in [6, 6.07) is 19.0. The lowest BCUT2D eigenvalue weighted by molar-refractivity contribution is -0.123. The first kappa shape index (κ1) is 20.1. The summed E-state index contributed by atoms with van der Waals surface area (Å²) in [5, 5.41) is 4.29. The van der Waals surface area contributed by atoms with Crippen molar-refractivity contribution in [2.45, 2.75) is 13.3 Å². The molecule has 0 fully saturated rings. The maximum absolute atomic E-state index is 12.6. The zero-order chi connectivity index (χ0) is 21.6. The molecule has 0 aliphatic carbocycles. The zero-order valence-corrected chi connectivity index (χ0v) is 16.9. The van der Waals surface area contributed by atoms with Gasteiger partial charge in [0.05, 0.1) is 11.9 Å². The minimum Gasteiger partial charge on any atom is -0.483 e. The summed E-state index contributed by atoms with van der Waals surface area (Å²) < 4.78 is 7.15. The molecule has 0 unspecified atom stereocenters. The summed E-state index contributed by atoms with van der Waals surface area (Å²) in [7, 11) is 0. The Balaban J connectivity index is 1.41. The maximum Gasteiger partial charge on any atom is 0.276 e. The second kappa shape index (κ2) is 9.08. The molecule has 2 N–H and O–H groups in total. The Kier molecular flexibility index (Phi) is 5.89. The number of benzene rings is 2. The highest BCUT2D eigenvalue weighted by molar-refractivity contribution is 6.00. The summed E-state index contributed by atoms with van der Waals surface area (Å²) in [5.74, 6) is -0.351. The Hall–Kier alpha value is -4.20. The molecule has 0 aliphatic rings. The van der Waals surface area contributed by atoms with Crippen LogP contribution in [0.25, 0.3) is 16.9 Å². The van der Waals surface area contributed by atoms with Crippen LogP contribution < -0.4 is 15.6 Å². The Labute approximate surface area is 178 Å². The zero-order valence-electron chi connectivity index (χ0n) is 16.9. The quantitative estimate of drug-likeness (QED) is 0.472. The van der Waals surface area contributed by atoms with Crippen molar-refractivity contribution in [3.8, 4) is 17.0 Å². The molecule has 0 radical (unpaired) electrons. The first-order valence-electron chi connectivity index (χ1n) is 9.85. The summed E-state index contributed by atoms with van der Waals surface area (Å²) in [6.07, 6.45) is 3.83. The Bertz CT molecular complexity index is 1220. The number of carbonyl (C=O) groups is 2. The molecule has 4 rings (SSSR count). The number of aryl methyl sites for hydroxylation is 1. The molecule has 2 amide bonds. The van der Waals surface area contributed by atoms with Crippen LogP contribution in [-0.4, -0.2) is 33.0 Å². The van der Waals surface area contributed by atoms with Crippen molar-refractivity contribution >= 4 is 17.5 Å². The number of para-hydroxylation sites is 1. The number of rotatable bonds is 6. The number of aromatic nitrogens is 3. The minimum absolute atomic E-state index is 0.220. The molecule has 0 bridgehead atoms. The van der Waals surface area contributed by atoms with E-state index in [4.69, 9.17) is 4.74 Å². The van der Waals surface area contributed by atoms with E-state index in [0.29, 0.717) is 11.4 Å². The van der Waals surface area contributed by atoms with Crippen LogP contribution in [0.15, 0.2) is 73.1 Å². The number of carbonyl (C=O) groups excluding carboxylic acids is 2. The Morgan fingerprint density at radius 1 is 1.00 bits per heavy atom. The van der Waals surface area contributed by atoms with Gasteiger partial charge in [-0.2, -0.15) is 5.10 Å². The first-order chi connectivity index (χ1) is 15.2. The van der Waals surface area contributed by atoms with E-state index in [2.05, 4.69) is 20.9 Å². The molecule has 8 heteroatoms. The van der Waals surface area contributed by atoms with Gasteiger partial charge in [0.1, 0.15) is 11.3 Å². The van der Waals surface area contributed by atoms with Gasteiger partial charge in [0.2, 0.25) is 0 Å². The summed E-state index contributed by atoms with van der Waals surface area (Å²) in [5.41, 5.74) is 8.14. The number of hydrogen-bond acceptors (Lipinski definition) is 5. The van der Waals surface area contributed by atoms with E-state index in [0.717, 1.165) is 23.2 Å². The van der Waals surface area contributed by atoms with Crippen LogP contribution in [-0.2, 0) is 11.2 Å². The molecular weight excluding hydrogens is 394 g/mol. The van der Waals surface area contributed by atoms with E-state index in [1.54, 1.807) is 16.8 Å². The van der Waals surface area contributed by atoms with Crippen molar-refractivity contribution in [3.05, 3.63) is 84.2 Å². The molecule has 31 heavy (non-hydrogen) atoms. The van der Waals surface area contributed by atoms with E-state index in [9.17, 15) is 9.59 Å². The molecule has 8 nitrogen and oxygen atoms in total. The number of amides is 2. The van der Waals surface area contributed by atoms with Gasteiger partial charge < -0.3 is 4.74 Å². The molecular formula is C23H21N5O3. The molecule has 0 aliphatic heterocycles. The molecule has 0 saturated carbocycles. The molecule has 156 valence electrons. The average molecular weight is 415 g/mol. The number of nitrogens with one attached hydrogen (secondary N) is 2. The van der Waals surface area contributed by atoms with Gasteiger partial charge in [-0.25, -0.2) is 9.50 Å². The highest BCUT2D eigenvalue weighted by Gasteiger charge is 2.17. The topological polar surface area (TPSA) is 97.6 Å². The Morgan fingerprint density at radius 2 is 1.77 bits per heavy atom. The van der Waals surface area contributed by atoms with E-state index < -0.39 is 11.8 Å². The van der Waals surface area contributed by atoms with Gasteiger partial charge >= 0.3 is 0 Å². The van der Waals surface area contributed by atoms with E-state index >= 15 is 0 Å². The van der Waals surface area contributed by atoms with Crippen LogP contribution in [0, 0.1) is 0 Å². The highest BCUT2D eigenvalue weighted by atomic mass is 16.5. The lowest BCUT2D eigenvalue weighted by Gasteiger charge is -2.11. The smallest absolute Gasteiger partial charge is 0.276 e. The molecule has 0 saturated heterocycles. The lowest BCUT2D eigenvalue weighted by atomic mass is 10.1. The van der Waals surface area contributed by atoms with Crippen molar-refractivity contribution in [3.63, 3.8) is 0 Å². The molecule has 0 spiro atoms. The largest absolute Gasteiger partial charge is 0.483 e. The van der Waals surface area contributed by atoms with Gasteiger partial charge in [0.15, 0.2) is 12.3 Å². The summed E-state index contributed by atoms with van der Waals surface area (Å²) in [4.78, 5) is 29.0. The van der Waals surface area contributed by atoms with Crippen molar-refractivity contribution in [1.29, 1.82) is 0 Å². The third-order valence-electron chi connectivity index (χ3n) is 4.74. The van der Waals surface area contributed by atoms with Gasteiger partial charge in [0, 0.05) is 11.8 Å². The summed E-state index contributed by atoms with van der Waals surface area (Å²) in [6.45, 7) is 1.79. The van der Waals surface area contributed by atoms with Crippen LogP contribution in [0.5, 0.6) is 5.75 Å². The van der Waals surface area contributed by atoms with Crippen molar-refractivity contribution < 1.29 is 14.3 Å². The summed E-state index contributed by atoms with van der Waals surface area (Å²) >= 11 is 0. The first-order valence-corrected chi connectivity index (χ1v) is 9.85. The van der Waals surface area contributed by atoms with Crippen LogP contribution in [0.3, 0.4) is 0 Å². The molecule has 2 aromatic heterocycles. The van der Waals surface area contributed by atoms with Gasteiger partial charge in [-0.15, -0.1) is 0 Å². The molecule has 2 heterocycles. The van der Waals surface area contributed by atoms with Crippen molar-refractivity contribution in [2.24, 2.45) is 0 Å². The van der Waals surface area contributed by atoms with E-state index in [1.165, 1.54) is 6.20 Å². The predicted octanol–water partition coefficient (Wildman–Crippen LogP) is 2.80. The second-order valence-electron chi connectivity index (χ2n) is 6.74. The van der Waals surface area contributed by atoms with Crippen molar-refractivity contribution in [2.75, 3.05) is 6.61 Å². The monoisotopic (exact) mass is 415 g/mol. The lowest BCUT2D eigenvalue weighted by Crippen LogP contribution is -2.43. The standard InChI is InChI=1S/C23H21N5O3/c1-2-16-8-6-7-11-20(16)31-15-21(29)26-27-23(30)18-14-25-28-19(12-13-24-22(18)28)17-9-4-3-5-10-17/h3-14H,2,15H2,1H3,(H,26,29)(H,27,30). The van der Waals surface area contributed by atoms with Gasteiger partial charge in [-0.05, 0) is 24.1 Å². The fourth-order valence-corrected chi connectivity index (χ4v) is 3.19. The van der Waals surface area contributed by atoms with E-state index in [-0.39, 0.29) is 12.2 Å². The van der Waals surface area contributed by atoms with Gasteiger partial charge in [0.25, 0.3) is 11.8 Å². The predicted molar refractivity (Wildman–Crippen MR) is 115 cm³/mol. The van der Waals surface area contributed by atoms with Crippen LogP contribution in [0.1, 0.15) is 22.8 Å². The minimum atomic E-state index is -0.518. The fourth-order valence-electron chi connectivity index (χ4n) is 3.19. The van der Waals surface area contributed by atoms with Crippen LogP contribution >= 0.6 is 0 Å². The number of ether oxygens (including phenoxy) is 1. The third kappa shape index (κ3) is 4.37. The van der Waals surface area contributed by atoms with Crippen molar-refractivity contribution in [1.82, 2.24) is 25.4 Å². The number of hydrazine groups is 1. The van der Waals surface area contributed by atoms with E-state index in [1.807, 2.05) is 61.5 Å². The molecule has 0 atom stereocenters. The highest BCUT2D eigenvalue weighted by Crippen LogP contribution is 2.20. The van der Waals surface area contributed by atoms with Crippen LogP contribution in [0.4, 0.5) is 0 Å². The van der Waals surface area contributed by atoms with Gasteiger partial charge in [-0.1, -0.05) is 55.5 Å². The molecule has 4 aromatic rings. The van der Waals surface area contributed by atoms with Gasteiger partial charge in [-0.3, -0.25) is 20.4 Å². The SMILES string of the molecule is CCc1ccccc1OCC(=O)NNC(=O)c1cnn2c(-c3ccccc3)ccnc12. The van der Waals surface area contributed by atoms with Crippen LogP contribution in [0.2, 0.25) is 0 Å². The Morgan fingerprint density at radius 3 is 2.58 bits per heavy atom. The number of fused-ring (bicyclic) bond motifs is 1. The number of hydrogen-bond donors (Lipinski definition) is 2. The fraction of sp³-hybridized carbons (Fsp3) is 0.130. The molecule has 2 aromatic carbocycles. The third-order valence-corrected chi connectivity index (χ3v) is 4.74. The average Bonchev–Trinajstić information content (AvgIpc) is 3.26.